The Labute approximate surface area is 115 Å². The molecule has 0 aliphatic carbocycles. The summed E-state index contributed by atoms with van der Waals surface area (Å²) in [4.78, 5) is 0. The Balaban J connectivity index is -0.00000000628. The van der Waals surface area contributed by atoms with Crippen LogP contribution in [-0.2, 0) is 44.4 Å². The van der Waals surface area contributed by atoms with E-state index in [-0.39, 0.29) is 17.1 Å². The van der Waals surface area contributed by atoms with Crippen molar-refractivity contribution in [2.45, 2.75) is 0 Å². The average Bonchev–Trinajstić information content (AvgIpc) is 2.45. The molecule has 0 amide bonds. The molecule has 0 atom stereocenters. The second-order valence-corrected chi connectivity index (χ2v) is 0. The van der Waals surface area contributed by atoms with Crippen LogP contribution in [0.3, 0.4) is 0 Å². The van der Waals surface area contributed by atoms with Crippen molar-refractivity contribution in [1.29, 1.82) is 31.6 Å². The Kier molecular flexibility index (Phi) is 3410. The zero-order chi connectivity index (χ0) is 14.0. The quantitative estimate of drug-likeness (QED) is 0.471. The normalized spacial score (nSPS) is 1.13. The van der Waals surface area contributed by atoms with Gasteiger partial charge in [0.25, 0.3) is 0 Å². The number of rotatable bonds is 0. The molecule has 81 valence electrons. The Bertz CT molecular complexity index is 112. The van der Waals surface area contributed by atoms with E-state index in [1.165, 1.54) is 0 Å². The van der Waals surface area contributed by atoms with Crippen molar-refractivity contribution in [2.24, 2.45) is 0 Å². The van der Waals surface area contributed by atoms with Gasteiger partial charge in [-0.1, -0.05) is 0 Å². The van der Waals surface area contributed by atoms with E-state index in [1.807, 2.05) is 0 Å². The average molecular weight is 323 g/mol. The van der Waals surface area contributed by atoms with Gasteiger partial charge in [-0.3, -0.25) is 0 Å². The fraction of sp³-hybridized carbons (Fsp3) is 0. The minimum absolute atomic E-state index is 0. The molecule has 0 aromatic heterocycles. The molecule has 0 aliphatic rings. The molecule has 0 fully saturated rings. The maximum atomic E-state index is 6.25. The van der Waals surface area contributed by atoms with E-state index in [9.17, 15) is 0 Å². The van der Waals surface area contributed by atoms with Crippen molar-refractivity contribution >= 4 is 0 Å². The third kappa shape index (κ3) is 611. The van der Waals surface area contributed by atoms with Crippen LogP contribution in [-0.4, -0.2) is 0 Å². The van der Waals surface area contributed by atoms with Crippen LogP contribution in [0.25, 0.3) is 0 Å². The predicted octanol–water partition coefficient (Wildman–Crippen LogP) is 0.571. The zero-order valence-electron chi connectivity index (χ0n) is 6.77. The van der Waals surface area contributed by atoms with Gasteiger partial charge in [0.15, 0.2) is 0 Å². The van der Waals surface area contributed by atoms with E-state index in [2.05, 4.69) is 27.3 Å². The SMILES string of the molecule is [C-]#N.[C-]#N.[C-]#N.[C-]#N.[C-]#N.[C-]#N.[Fe+2].[Mn]=[Fe]. The first-order valence-corrected chi connectivity index (χ1v) is 3.61. The van der Waals surface area contributed by atoms with Gasteiger partial charge in [-0.05, 0) is 0 Å². The Morgan fingerprint density at radius 2 is 0.467 bits per heavy atom. The molecule has 0 aromatic carbocycles. The van der Waals surface area contributed by atoms with E-state index < -0.39 is 0 Å². The molecule has 0 aromatic rings. The molecule has 0 bridgehead atoms. The number of hydrogen-bond acceptors (Lipinski definition) is 6. The molecule has 15 heavy (non-hydrogen) atoms. The second-order valence-electron chi connectivity index (χ2n) is 0. The van der Waals surface area contributed by atoms with Gasteiger partial charge in [0.2, 0.25) is 0 Å². The van der Waals surface area contributed by atoms with Gasteiger partial charge in [0, 0.05) is 0 Å². The third-order valence-corrected chi connectivity index (χ3v) is 0. The van der Waals surface area contributed by atoms with Crippen molar-refractivity contribution in [3.63, 3.8) is 0 Å². The first kappa shape index (κ1) is 69.7. The van der Waals surface area contributed by atoms with Crippen molar-refractivity contribution in [3.8, 4) is 0 Å². The van der Waals surface area contributed by atoms with Gasteiger partial charge < -0.3 is 71.0 Å². The van der Waals surface area contributed by atoms with Crippen molar-refractivity contribution < 1.29 is 44.4 Å². The maximum absolute atomic E-state index is 6.25. The fourth-order valence-corrected chi connectivity index (χ4v) is 0. The molecule has 9 heteroatoms. The monoisotopic (exact) mass is 323 g/mol. The molecule has 0 spiro atoms. The Morgan fingerprint density at radius 3 is 0.467 bits per heavy atom. The number of hydrogen-bond donors (Lipinski definition) is 0. The summed E-state index contributed by atoms with van der Waals surface area (Å²) in [5.74, 6) is 0. The summed E-state index contributed by atoms with van der Waals surface area (Å²) < 4.78 is 0. The molecule has 0 aliphatic heterocycles. The summed E-state index contributed by atoms with van der Waals surface area (Å²) in [6.45, 7) is 28.5. The van der Waals surface area contributed by atoms with Gasteiger partial charge in [-0.2, -0.15) is 0 Å². The molecule has 0 rings (SSSR count). The predicted molar refractivity (Wildman–Crippen MR) is 29.8 cm³/mol. The third-order valence-electron chi connectivity index (χ3n) is 0. The van der Waals surface area contributed by atoms with E-state index in [0.717, 1.165) is 0 Å². The zero-order valence-corrected chi connectivity index (χ0v) is 10.2. The molecule has 0 radical (unpaired) electrons. The van der Waals surface area contributed by atoms with Crippen molar-refractivity contribution in [2.75, 3.05) is 0 Å². The second kappa shape index (κ2) is 733. The summed E-state index contributed by atoms with van der Waals surface area (Å²) in [5.41, 5.74) is 0. The van der Waals surface area contributed by atoms with E-state index >= 15 is 0 Å². The van der Waals surface area contributed by atoms with Crippen LogP contribution in [0.5, 0.6) is 0 Å². The first-order valence-electron chi connectivity index (χ1n) is 1.48. The van der Waals surface area contributed by atoms with Crippen LogP contribution in [0.2, 0.25) is 0 Å². The van der Waals surface area contributed by atoms with Crippen LogP contribution in [0, 0.1) is 71.0 Å². The molecule has 0 saturated heterocycles. The van der Waals surface area contributed by atoms with Gasteiger partial charge >= 0.3 is 44.4 Å². The minimum atomic E-state index is 0. The van der Waals surface area contributed by atoms with Crippen LogP contribution in [0.4, 0.5) is 0 Å². The number of nitrogens with zero attached hydrogens (tertiary/aromatic N) is 6. The van der Waals surface area contributed by atoms with E-state index in [0.29, 0.717) is 0 Å². The molecule has 0 N–H and O–H groups in total. The van der Waals surface area contributed by atoms with Crippen molar-refractivity contribution in [3.05, 3.63) is 39.4 Å². The molecule has 0 heterocycles. The molecular weight excluding hydrogens is 323 g/mol. The van der Waals surface area contributed by atoms with Crippen LogP contribution in [0.15, 0.2) is 0 Å². The summed E-state index contributed by atoms with van der Waals surface area (Å²) in [7, 11) is 0. The van der Waals surface area contributed by atoms with Gasteiger partial charge in [0.1, 0.15) is 0 Å². The van der Waals surface area contributed by atoms with Crippen LogP contribution in [0.1, 0.15) is 0 Å². The molecule has 0 saturated carbocycles. The summed E-state index contributed by atoms with van der Waals surface area (Å²) >= 11 is 5.75. The first-order chi connectivity index (χ1) is 7.00. The Hall–Kier alpha value is -1.50. The van der Waals surface area contributed by atoms with Crippen molar-refractivity contribution in [1.82, 2.24) is 0 Å². The molecular formula is C6Fe2MnN6-4. The fourth-order valence-electron chi connectivity index (χ4n) is 0. The summed E-state index contributed by atoms with van der Waals surface area (Å²) in [6.07, 6.45) is 0. The molecule has 6 nitrogen and oxygen atoms in total. The molecule has 0 unspecified atom stereocenters. The standard InChI is InChI=1S/6CN.2Fe.Mn/c6*1-2;;;/q6*-1;;+2;. The van der Waals surface area contributed by atoms with Gasteiger partial charge in [0.05, 0.1) is 0 Å². The topological polar surface area (TPSA) is 143 Å². The van der Waals surface area contributed by atoms with E-state index in [1.54, 1.807) is 0 Å². The van der Waals surface area contributed by atoms with E-state index in [4.69, 9.17) is 71.0 Å². The Morgan fingerprint density at radius 1 is 0.467 bits per heavy atom. The summed E-state index contributed by atoms with van der Waals surface area (Å²) in [6, 6.07) is 0. The van der Waals surface area contributed by atoms with Crippen LogP contribution >= 0.6 is 0 Å². The van der Waals surface area contributed by atoms with Crippen LogP contribution < -0.4 is 0 Å². The van der Waals surface area contributed by atoms with Gasteiger partial charge in [-0.15, -0.1) is 0 Å². The van der Waals surface area contributed by atoms with Gasteiger partial charge in [-0.25, -0.2) is 0 Å². The summed E-state index contributed by atoms with van der Waals surface area (Å²) in [5, 5.41) is 37.5.